The third kappa shape index (κ3) is 4.71. The summed E-state index contributed by atoms with van der Waals surface area (Å²) in [7, 11) is 0. The van der Waals surface area contributed by atoms with E-state index in [1.807, 2.05) is 48.5 Å². The van der Waals surface area contributed by atoms with Crippen molar-refractivity contribution in [2.45, 2.75) is 28.7 Å². The number of oxazole rings is 1. The largest absolute Gasteiger partial charge is 0.433 e. The van der Waals surface area contributed by atoms with E-state index in [1.54, 1.807) is 4.90 Å². The number of halogens is 1. The quantitative estimate of drug-likeness (QED) is 0.492. The minimum absolute atomic E-state index is 0.0205. The molecule has 32 heavy (non-hydrogen) atoms. The van der Waals surface area contributed by atoms with Gasteiger partial charge in [0, 0.05) is 46.7 Å². The summed E-state index contributed by atoms with van der Waals surface area (Å²) in [5.41, 5.74) is 2.34. The molecule has 0 N–H and O–H groups in total. The van der Waals surface area contributed by atoms with Crippen LogP contribution in [0.3, 0.4) is 0 Å². The maximum atomic E-state index is 12.6. The van der Waals surface area contributed by atoms with Crippen LogP contribution in [0.1, 0.15) is 35.0 Å². The fourth-order valence-corrected chi connectivity index (χ4v) is 4.83. The molecule has 0 aliphatic carbocycles. The number of ether oxygens (including phenoxy) is 2. The first-order chi connectivity index (χ1) is 15.7. The van der Waals surface area contributed by atoms with Gasteiger partial charge in [0.15, 0.2) is 11.0 Å². The van der Waals surface area contributed by atoms with E-state index in [4.69, 9.17) is 30.5 Å². The van der Waals surface area contributed by atoms with Crippen molar-refractivity contribution in [3.05, 3.63) is 65.0 Å². The first kappa shape index (κ1) is 21.5. The van der Waals surface area contributed by atoms with Crippen molar-refractivity contribution < 1.29 is 18.7 Å². The molecule has 0 spiro atoms. The average molecular weight is 471 g/mol. The van der Waals surface area contributed by atoms with Crippen LogP contribution >= 0.6 is 23.4 Å². The highest BCUT2D eigenvalue weighted by atomic mass is 35.5. The Labute approximate surface area is 195 Å². The van der Waals surface area contributed by atoms with Crippen LogP contribution in [0.4, 0.5) is 0 Å². The fourth-order valence-electron chi connectivity index (χ4n) is 3.83. The number of carbonyl (C=O) groups is 1. The molecule has 0 bridgehead atoms. The summed E-state index contributed by atoms with van der Waals surface area (Å²) in [5, 5.41) is 1.43. The van der Waals surface area contributed by atoms with E-state index in [0.717, 1.165) is 53.2 Å². The molecule has 0 radical (unpaired) electrons. The summed E-state index contributed by atoms with van der Waals surface area (Å²) in [6.07, 6.45) is 1.80. The first-order valence-corrected chi connectivity index (χ1v) is 11.9. The second-order valence-electron chi connectivity index (χ2n) is 7.81. The van der Waals surface area contributed by atoms with Gasteiger partial charge in [0.05, 0.1) is 6.61 Å². The van der Waals surface area contributed by atoms with E-state index in [1.165, 1.54) is 11.8 Å². The zero-order chi connectivity index (χ0) is 21.9. The van der Waals surface area contributed by atoms with Gasteiger partial charge in [0.1, 0.15) is 12.4 Å². The number of benzene rings is 2. The predicted molar refractivity (Wildman–Crippen MR) is 122 cm³/mol. The molecule has 166 valence electrons. The Morgan fingerprint density at radius 3 is 2.44 bits per heavy atom. The molecule has 2 aromatic carbocycles. The molecular formula is C24H23ClN2O4S. The van der Waals surface area contributed by atoms with E-state index >= 15 is 0 Å². The molecule has 8 heteroatoms. The normalized spacial score (nSPS) is 17.1. The Balaban J connectivity index is 1.44. The highest BCUT2D eigenvalue weighted by Crippen LogP contribution is 2.40. The second-order valence-corrected chi connectivity index (χ2v) is 9.30. The van der Waals surface area contributed by atoms with Gasteiger partial charge in [-0.3, -0.25) is 4.79 Å². The molecule has 2 saturated heterocycles. The molecule has 5 rings (SSSR count). The second kappa shape index (κ2) is 9.67. The summed E-state index contributed by atoms with van der Waals surface area (Å²) < 4.78 is 17.1. The standard InChI is InChI=1S/C24H23ClN2O4S/c25-19-5-7-20(8-6-19)32-24-21(26-22(31-24)17-9-12-29-13-10-17)16-1-3-18(4-2-16)23(28)27-11-14-30-15-27/h1-8,17H,9-15H2. The average Bonchev–Trinajstić information content (AvgIpc) is 3.52. The van der Waals surface area contributed by atoms with Crippen LogP contribution in [-0.2, 0) is 9.47 Å². The monoisotopic (exact) mass is 470 g/mol. The maximum Gasteiger partial charge on any atom is 0.255 e. The Bertz CT molecular complexity index is 1070. The molecule has 2 fully saturated rings. The lowest BCUT2D eigenvalue weighted by Crippen LogP contribution is -2.28. The molecule has 0 saturated carbocycles. The van der Waals surface area contributed by atoms with E-state index in [9.17, 15) is 4.79 Å². The van der Waals surface area contributed by atoms with Crippen molar-refractivity contribution in [3.8, 4) is 11.3 Å². The highest BCUT2D eigenvalue weighted by Gasteiger charge is 2.25. The lowest BCUT2D eigenvalue weighted by atomic mass is 10.0. The molecule has 3 aromatic rings. The zero-order valence-corrected chi connectivity index (χ0v) is 19.0. The number of hydrogen-bond donors (Lipinski definition) is 0. The third-order valence-electron chi connectivity index (χ3n) is 5.65. The summed E-state index contributed by atoms with van der Waals surface area (Å²) in [4.78, 5) is 20.2. The third-order valence-corrected chi connectivity index (χ3v) is 6.87. The molecule has 1 aromatic heterocycles. The zero-order valence-electron chi connectivity index (χ0n) is 17.5. The van der Waals surface area contributed by atoms with Crippen molar-refractivity contribution in [1.29, 1.82) is 0 Å². The summed E-state index contributed by atoms with van der Waals surface area (Å²) >= 11 is 7.56. The van der Waals surface area contributed by atoms with Gasteiger partial charge in [-0.2, -0.15) is 0 Å². The number of rotatable bonds is 5. The Morgan fingerprint density at radius 2 is 1.75 bits per heavy atom. The topological polar surface area (TPSA) is 64.8 Å². The Morgan fingerprint density at radius 1 is 1.00 bits per heavy atom. The molecule has 1 amide bonds. The van der Waals surface area contributed by atoms with Gasteiger partial charge in [0.25, 0.3) is 5.91 Å². The van der Waals surface area contributed by atoms with E-state index < -0.39 is 0 Å². The highest BCUT2D eigenvalue weighted by molar-refractivity contribution is 7.99. The summed E-state index contributed by atoms with van der Waals surface area (Å²) in [5.74, 6) is 0.972. The van der Waals surface area contributed by atoms with Crippen molar-refractivity contribution in [2.75, 3.05) is 33.1 Å². The van der Waals surface area contributed by atoms with Gasteiger partial charge in [-0.25, -0.2) is 4.98 Å². The Hall–Kier alpha value is -2.32. The minimum atomic E-state index is -0.0205. The predicted octanol–water partition coefficient (Wildman–Crippen LogP) is 5.47. The van der Waals surface area contributed by atoms with E-state index in [2.05, 4.69) is 0 Å². The van der Waals surface area contributed by atoms with Crippen molar-refractivity contribution in [1.82, 2.24) is 9.88 Å². The maximum absolute atomic E-state index is 12.6. The summed E-state index contributed by atoms with van der Waals surface area (Å²) in [6.45, 7) is 3.00. The van der Waals surface area contributed by atoms with Crippen LogP contribution in [0.25, 0.3) is 11.3 Å². The number of amides is 1. The van der Waals surface area contributed by atoms with Gasteiger partial charge in [-0.15, -0.1) is 0 Å². The van der Waals surface area contributed by atoms with Crippen molar-refractivity contribution >= 4 is 29.3 Å². The molecule has 0 unspecified atom stereocenters. The first-order valence-electron chi connectivity index (χ1n) is 10.7. The van der Waals surface area contributed by atoms with E-state index in [-0.39, 0.29) is 11.8 Å². The lowest BCUT2D eigenvalue weighted by Gasteiger charge is -2.18. The van der Waals surface area contributed by atoms with Crippen LogP contribution in [0.2, 0.25) is 5.02 Å². The van der Waals surface area contributed by atoms with Crippen molar-refractivity contribution in [3.63, 3.8) is 0 Å². The Kier molecular flexibility index (Phi) is 6.50. The fraction of sp³-hybridized carbons (Fsp3) is 0.333. The van der Waals surface area contributed by atoms with Crippen LogP contribution in [0, 0.1) is 0 Å². The van der Waals surface area contributed by atoms with Gasteiger partial charge >= 0.3 is 0 Å². The van der Waals surface area contributed by atoms with E-state index in [0.29, 0.717) is 30.5 Å². The smallest absolute Gasteiger partial charge is 0.255 e. The van der Waals surface area contributed by atoms with Crippen LogP contribution < -0.4 is 0 Å². The lowest BCUT2D eigenvalue weighted by molar-refractivity contribution is 0.0695. The SMILES string of the molecule is O=C(c1ccc(-c2nc(C3CCOCC3)oc2Sc2ccc(Cl)cc2)cc1)N1CCOC1. The molecule has 0 atom stereocenters. The molecule has 2 aliphatic heterocycles. The molecular weight excluding hydrogens is 448 g/mol. The molecule has 6 nitrogen and oxygen atoms in total. The number of nitrogens with zero attached hydrogens (tertiary/aromatic N) is 2. The van der Waals surface area contributed by atoms with Gasteiger partial charge in [0.2, 0.25) is 0 Å². The summed E-state index contributed by atoms with van der Waals surface area (Å²) in [6, 6.07) is 15.2. The number of aromatic nitrogens is 1. The van der Waals surface area contributed by atoms with Gasteiger partial charge < -0.3 is 18.8 Å². The van der Waals surface area contributed by atoms with Gasteiger partial charge in [-0.1, -0.05) is 23.7 Å². The van der Waals surface area contributed by atoms with Crippen LogP contribution in [0.5, 0.6) is 0 Å². The number of hydrogen-bond acceptors (Lipinski definition) is 6. The minimum Gasteiger partial charge on any atom is -0.433 e. The molecule has 2 aliphatic rings. The molecule has 3 heterocycles. The van der Waals surface area contributed by atoms with Crippen molar-refractivity contribution in [2.24, 2.45) is 0 Å². The van der Waals surface area contributed by atoms with Gasteiger partial charge in [-0.05, 0) is 61.0 Å². The number of carbonyl (C=O) groups excluding carboxylic acids is 1. The van der Waals surface area contributed by atoms with Crippen LogP contribution in [-0.4, -0.2) is 48.9 Å². The van der Waals surface area contributed by atoms with Crippen LogP contribution in [0.15, 0.2) is 62.9 Å².